The third kappa shape index (κ3) is 15.1. The van der Waals surface area contributed by atoms with Crippen LogP contribution in [0, 0.1) is 5.92 Å². The van der Waals surface area contributed by atoms with Gasteiger partial charge >= 0.3 is 12.2 Å². The van der Waals surface area contributed by atoms with Crippen molar-refractivity contribution >= 4 is 35.4 Å². The number of amides is 4. The summed E-state index contributed by atoms with van der Waals surface area (Å²) in [6, 6.07) is -0.874. The number of imidazole rings is 1. The molecule has 0 bridgehead atoms. The smallest absolute Gasteiger partial charge is 0.407 e. The Balaban J connectivity index is 0.00000379. The maximum atomic E-state index is 13.5. The summed E-state index contributed by atoms with van der Waals surface area (Å²) in [6.45, 7) is 21.5. The standard InChI is InChI=1S/C38H54N8O6.C3H8.H2/c1-24(2)34(45-38(50)52-8)36(48)46-21-11-12-31(46)35-41-22-30(44-35)29-18-16-28(17-19-29)26(4)15-14-25(3)27(5)43-32(39-6)13-9-10-20-40-33(47)23-42-37(49)51-7;1-3-2;/h14-16,18,22,24,31,34H,3-5,9-13,17,19-21,23H2,1-2,6-8H3,(H,39,43)(H,40,47)(H,41,44)(H,42,49)(H,45,50);3H2,1-2H3;1H/b15-14-;;. The first-order valence-electron chi connectivity index (χ1n) is 19.0. The molecule has 0 radical (unpaired) electrons. The van der Waals surface area contributed by atoms with Crippen molar-refractivity contribution in [1.82, 2.24) is 36.1 Å². The molecule has 1 aliphatic heterocycles. The second-order valence-corrected chi connectivity index (χ2v) is 13.6. The van der Waals surface area contributed by atoms with Crippen LogP contribution in [0.3, 0.4) is 0 Å². The molecule has 55 heavy (non-hydrogen) atoms. The van der Waals surface area contributed by atoms with E-state index in [9.17, 15) is 19.2 Å². The zero-order valence-electron chi connectivity index (χ0n) is 33.8. The Labute approximate surface area is 328 Å². The lowest BCUT2D eigenvalue weighted by Crippen LogP contribution is -2.51. The number of carbonyl (C=O) groups excluding carboxylic acids is 4. The Morgan fingerprint density at radius 3 is 2.38 bits per heavy atom. The van der Waals surface area contributed by atoms with E-state index in [0.717, 1.165) is 72.6 Å². The Kier molecular flexibility index (Phi) is 20.0. The van der Waals surface area contributed by atoms with Gasteiger partial charge in [0, 0.05) is 33.7 Å². The topological polar surface area (TPSA) is 179 Å². The second kappa shape index (κ2) is 24.1. The quantitative estimate of drug-likeness (QED) is 0.0506. The van der Waals surface area contributed by atoms with Crippen LogP contribution in [0.15, 0.2) is 77.6 Å². The van der Waals surface area contributed by atoms with E-state index in [2.05, 4.69) is 86.7 Å². The normalized spacial score (nSPS) is 15.9. The number of nitrogens with zero attached hydrogens (tertiary/aromatic N) is 3. The summed E-state index contributed by atoms with van der Waals surface area (Å²) in [4.78, 5) is 62.4. The van der Waals surface area contributed by atoms with Crippen molar-refractivity contribution in [3.05, 3.63) is 84.2 Å². The van der Waals surface area contributed by atoms with Gasteiger partial charge in [0.2, 0.25) is 11.8 Å². The number of ether oxygens (including phenoxy) is 2. The molecule has 1 aliphatic carbocycles. The van der Waals surface area contributed by atoms with E-state index >= 15 is 0 Å². The number of hydrogen-bond donors (Lipinski definition) is 5. The number of aromatic nitrogens is 2. The number of likely N-dealkylation sites (tertiary alicyclic amines) is 1. The summed E-state index contributed by atoms with van der Waals surface area (Å²) in [5.74, 6) is 0.976. The third-order valence-electron chi connectivity index (χ3n) is 8.93. The van der Waals surface area contributed by atoms with Gasteiger partial charge in [-0.05, 0) is 66.7 Å². The molecular weight excluding hydrogens is 701 g/mol. The first kappa shape index (κ1) is 45.8. The van der Waals surface area contributed by atoms with Crippen LogP contribution in [-0.2, 0) is 19.1 Å². The van der Waals surface area contributed by atoms with Crippen LogP contribution in [0.25, 0.3) is 5.57 Å². The molecule has 3 rings (SSSR count). The molecule has 0 saturated carbocycles. The first-order chi connectivity index (χ1) is 26.3. The monoisotopic (exact) mass is 764 g/mol. The fourth-order valence-electron chi connectivity index (χ4n) is 5.82. The molecule has 2 aliphatic rings. The summed E-state index contributed by atoms with van der Waals surface area (Å²) in [7, 11) is 4.23. The van der Waals surface area contributed by atoms with Crippen molar-refractivity contribution < 1.29 is 30.1 Å². The summed E-state index contributed by atoms with van der Waals surface area (Å²) in [5.41, 5.74) is 5.35. The zero-order chi connectivity index (χ0) is 40.9. The molecule has 14 heteroatoms. The highest BCUT2D eigenvalue weighted by Crippen LogP contribution is 2.34. The van der Waals surface area contributed by atoms with E-state index in [1.807, 2.05) is 37.1 Å². The van der Waals surface area contributed by atoms with Gasteiger partial charge in [-0.2, -0.15) is 0 Å². The van der Waals surface area contributed by atoms with Crippen LogP contribution < -0.4 is 21.3 Å². The van der Waals surface area contributed by atoms with Gasteiger partial charge in [0.15, 0.2) is 0 Å². The molecule has 14 nitrogen and oxygen atoms in total. The van der Waals surface area contributed by atoms with E-state index in [-0.39, 0.29) is 31.7 Å². The molecule has 2 atom stereocenters. The number of rotatable bonds is 17. The van der Waals surface area contributed by atoms with Gasteiger partial charge < -0.3 is 40.6 Å². The van der Waals surface area contributed by atoms with Gasteiger partial charge in [0.05, 0.1) is 38.7 Å². The average Bonchev–Trinajstić information content (AvgIpc) is 3.88. The molecule has 1 saturated heterocycles. The predicted octanol–water partition coefficient (Wildman–Crippen LogP) is 6.66. The van der Waals surface area contributed by atoms with Crippen molar-refractivity contribution in [3.8, 4) is 0 Å². The minimum absolute atomic E-state index is 0. The number of aliphatic imine (C=N–C) groups is 1. The van der Waals surface area contributed by atoms with Crippen LogP contribution in [0.4, 0.5) is 9.59 Å². The molecule has 1 aromatic heterocycles. The largest absolute Gasteiger partial charge is 0.453 e. The van der Waals surface area contributed by atoms with Crippen molar-refractivity contribution in [2.45, 2.75) is 91.1 Å². The van der Waals surface area contributed by atoms with Gasteiger partial charge in [0.25, 0.3) is 0 Å². The van der Waals surface area contributed by atoms with Crippen LogP contribution in [0.2, 0.25) is 0 Å². The lowest BCUT2D eigenvalue weighted by atomic mass is 9.92. The zero-order valence-corrected chi connectivity index (χ0v) is 33.8. The predicted molar refractivity (Wildman–Crippen MR) is 220 cm³/mol. The van der Waals surface area contributed by atoms with Gasteiger partial charge in [-0.15, -0.1) is 0 Å². The third-order valence-corrected chi connectivity index (χ3v) is 8.93. The molecule has 0 aromatic carbocycles. The summed E-state index contributed by atoms with van der Waals surface area (Å²) in [6.07, 6.45) is 15.2. The molecule has 4 amide bonds. The second-order valence-electron chi connectivity index (χ2n) is 13.6. The number of alkyl carbamates (subject to hydrolysis) is 2. The number of carbonyl (C=O) groups is 4. The maximum absolute atomic E-state index is 13.5. The molecule has 2 heterocycles. The van der Waals surface area contributed by atoms with Gasteiger partial charge in [-0.3, -0.25) is 14.6 Å². The van der Waals surface area contributed by atoms with E-state index in [1.54, 1.807) is 7.05 Å². The highest BCUT2D eigenvalue weighted by molar-refractivity contribution is 5.86. The van der Waals surface area contributed by atoms with Crippen molar-refractivity contribution in [2.24, 2.45) is 10.9 Å². The molecule has 1 fully saturated rings. The van der Waals surface area contributed by atoms with Gasteiger partial charge in [0.1, 0.15) is 17.7 Å². The summed E-state index contributed by atoms with van der Waals surface area (Å²) in [5, 5.41) is 11.0. The fourth-order valence-corrected chi connectivity index (χ4v) is 5.82. The minimum Gasteiger partial charge on any atom is -0.453 e. The van der Waals surface area contributed by atoms with Crippen LogP contribution in [0.5, 0.6) is 0 Å². The SMILES string of the molecule is C=C(/C=C\C(=C)C1=CC=C(c2cnc(C3CCCN3C(=O)C(NC(=O)OC)C(C)C)[nH]2)CC1)C(=C)NC(CCCCNC(=O)CNC(=O)OC)=NC.CCC.[HH]. The number of aromatic amines is 1. The lowest BCUT2D eigenvalue weighted by molar-refractivity contribution is -0.135. The number of methoxy groups -OCH3 is 2. The summed E-state index contributed by atoms with van der Waals surface area (Å²) < 4.78 is 9.18. The Hall–Kier alpha value is -5.40. The van der Waals surface area contributed by atoms with Crippen LogP contribution in [-0.4, -0.2) is 91.6 Å². The van der Waals surface area contributed by atoms with E-state index in [4.69, 9.17) is 4.74 Å². The Bertz CT molecular complexity index is 1640. The van der Waals surface area contributed by atoms with Gasteiger partial charge in [-0.25, -0.2) is 14.6 Å². The van der Waals surface area contributed by atoms with E-state index in [1.165, 1.54) is 20.6 Å². The van der Waals surface area contributed by atoms with Crippen molar-refractivity contribution in [3.63, 3.8) is 0 Å². The van der Waals surface area contributed by atoms with Crippen molar-refractivity contribution in [2.75, 3.05) is 40.9 Å². The number of unbranched alkanes of at least 4 members (excludes halogenated alkanes) is 1. The fraction of sp³-hybridized carbons (Fsp3) is 0.512. The molecule has 0 spiro atoms. The molecule has 1 aromatic rings. The van der Waals surface area contributed by atoms with Crippen LogP contribution in [0.1, 0.15) is 98.0 Å². The number of allylic oxidation sites excluding steroid dienone is 7. The molecular formula is C41H64N8O6. The highest BCUT2D eigenvalue weighted by Gasteiger charge is 2.37. The minimum atomic E-state index is -0.682. The Morgan fingerprint density at radius 2 is 1.76 bits per heavy atom. The summed E-state index contributed by atoms with van der Waals surface area (Å²) >= 11 is 0. The number of H-pyrrole nitrogens is 1. The van der Waals surface area contributed by atoms with E-state index in [0.29, 0.717) is 30.8 Å². The molecule has 2 unspecified atom stereocenters. The number of nitrogens with one attached hydrogen (secondary N) is 5. The average molecular weight is 765 g/mol. The lowest BCUT2D eigenvalue weighted by Gasteiger charge is -2.30. The maximum Gasteiger partial charge on any atom is 0.407 e. The molecule has 5 N–H and O–H groups in total. The van der Waals surface area contributed by atoms with Crippen molar-refractivity contribution in [1.29, 1.82) is 0 Å². The Morgan fingerprint density at radius 1 is 1.05 bits per heavy atom. The molecule has 304 valence electrons. The van der Waals surface area contributed by atoms with Gasteiger partial charge in [-0.1, -0.05) is 78.2 Å². The number of amidine groups is 1. The van der Waals surface area contributed by atoms with E-state index < -0.39 is 18.2 Å². The van der Waals surface area contributed by atoms with Crippen LogP contribution >= 0.6 is 0 Å². The highest BCUT2D eigenvalue weighted by atomic mass is 16.5. The number of hydrogen-bond acceptors (Lipinski definition) is 8. The first-order valence-corrected chi connectivity index (χ1v) is 19.0.